The summed E-state index contributed by atoms with van der Waals surface area (Å²) in [5.41, 5.74) is 3.71. The summed E-state index contributed by atoms with van der Waals surface area (Å²) >= 11 is 0. The molecule has 0 aliphatic heterocycles. The van der Waals surface area contributed by atoms with Crippen LogP contribution in [0.3, 0.4) is 0 Å². The second-order valence-corrected chi connectivity index (χ2v) is 10.7. The van der Waals surface area contributed by atoms with E-state index in [0.717, 1.165) is 53.3 Å². The maximum atomic E-state index is 5.88. The van der Waals surface area contributed by atoms with Gasteiger partial charge in [-0.2, -0.15) is 0 Å². The summed E-state index contributed by atoms with van der Waals surface area (Å²) in [6.45, 7) is 10.6. The maximum Gasteiger partial charge on any atom is 0.137 e. The van der Waals surface area contributed by atoms with Gasteiger partial charge in [0.1, 0.15) is 11.5 Å². The van der Waals surface area contributed by atoms with E-state index >= 15 is 0 Å². The van der Waals surface area contributed by atoms with E-state index in [2.05, 4.69) is 23.1 Å². The lowest BCUT2D eigenvalue weighted by molar-refractivity contribution is 0.148. The Hall–Kier alpha value is -4.92. The van der Waals surface area contributed by atoms with Gasteiger partial charge in [-0.3, -0.25) is 20.0 Å². The average molecular weight is 633 g/mol. The first-order chi connectivity index (χ1) is 23.2. The molecule has 2 heterocycles. The molecule has 4 aromatic rings. The summed E-state index contributed by atoms with van der Waals surface area (Å²) in [6.07, 6.45) is 13.3. The van der Waals surface area contributed by atoms with Gasteiger partial charge in [-0.1, -0.05) is 72.8 Å². The van der Waals surface area contributed by atoms with Crippen LogP contribution in [-0.4, -0.2) is 62.0 Å². The van der Waals surface area contributed by atoms with Crippen molar-refractivity contribution in [2.24, 2.45) is 9.98 Å². The van der Waals surface area contributed by atoms with Crippen molar-refractivity contribution < 1.29 is 18.9 Å². The number of unbranched alkanes of at least 4 members (excludes halogenated alkanes) is 2. The maximum absolute atomic E-state index is 5.88. The van der Waals surface area contributed by atoms with E-state index in [-0.39, 0.29) is 12.1 Å². The minimum atomic E-state index is -0.111. The summed E-state index contributed by atoms with van der Waals surface area (Å²) < 4.78 is 23.1. The van der Waals surface area contributed by atoms with Crippen LogP contribution in [0.1, 0.15) is 53.9 Å². The molecule has 47 heavy (non-hydrogen) atoms. The number of rotatable bonds is 22. The predicted molar refractivity (Wildman–Crippen MR) is 189 cm³/mol. The Morgan fingerprint density at radius 1 is 0.574 bits per heavy atom. The Balaban J connectivity index is 1.13. The first kappa shape index (κ1) is 34.9. The highest BCUT2D eigenvalue weighted by molar-refractivity contribution is 5.77. The molecule has 0 amide bonds. The molecule has 244 valence electrons. The number of pyridine rings is 2. The van der Waals surface area contributed by atoms with Crippen LogP contribution >= 0.6 is 0 Å². The zero-order valence-corrected chi connectivity index (χ0v) is 26.9. The highest BCUT2D eigenvalue weighted by atomic mass is 16.5. The van der Waals surface area contributed by atoms with Gasteiger partial charge in [0.2, 0.25) is 0 Å². The average Bonchev–Trinajstić information content (AvgIpc) is 3.12. The fourth-order valence-corrected chi connectivity index (χ4v) is 4.53. The molecule has 8 heteroatoms. The molecule has 0 N–H and O–H groups in total. The number of aliphatic imine (C=N–C) groups is 2. The minimum absolute atomic E-state index is 0.111. The summed E-state index contributed by atoms with van der Waals surface area (Å²) in [5.74, 6) is 1.47. The van der Waals surface area contributed by atoms with Crippen LogP contribution in [-0.2, 0) is 9.47 Å². The number of ether oxygens (including phenoxy) is 4. The fraction of sp³-hybridized carbons (Fsp3) is 0.282. The van der Waals surface area contributed by atoms with E-state index in [0.29, 0.717) is 39.6 Å². The molecule has 0 spiro atoms. The molecule has 2 aromatic carbocycles. The molecular weight excluding hydrogens is 588 g/mol. The molecular formula is C39H44N4O4. The van der Waals surface area contributed by atoms with Crippen molar-refractivity contribution in [2.45, 2.75) is 31.3 Å². The molecule has 0 aliphatic carbocycles. The van der Waals surface area contributed by atoms with E-state index < -0.39 is 0 Å². The first-order valence-corrected chi connectivity index (χ1v) is 16.0. The standard InChI is InChI=1S/C39H44N4O4/c1-3-22-44-30-38(32-14-8-5-9-15-32)42-26-34-18-20-36(28-40-34)46-24-12-7-13-25-47-37-21-19-35(41-29-37)27-43-39(31-45-23-4-2)33-16-10-6-11-17-33/h3-6,8-11,14-21,26-29,38-39H,1-2,7,12-13,22-25,30-31H2. The highest BCUT2D eigenvalue weighted by Crippen LogP contribution is 2.19. The van der Waals surface area contributed by atoms with Crippen LogP contribution in [0.5, 0.6) is 11.5 Å². The SMILES string of the molecule is C=CCOCC(N=Cc1ccc(OCCCCCOc2ccc(C=NC(COCC=C)c3ccccc3)nc2)cn1)c1ccccc1. The lowest BCUT2D eigenvalue weighted by Gasteiger charge is -2.12. The normalized spacial score (nSPS) is 12.6. The summed E-state index contributed by atoms with van der Waals surface area (Å²) in [6, 6.07) is 27.6. The van der Waals surface area contributed by atoms with Crippen LogP contribution in [0, 0.1) is 0 Å². The van der Waals surface area contributed by atoms with Crippen LogP contribution < -0.4 is 9.47 Å². The van der Waals surface area contributed by atoms with Gasteiger partial charge in [0.15, 0.2) is 0 Å². The van der Waals surface area contributed by atoms with Gasteiger partial charge in [0.25, 0.3) is 0 Å². The predicted octanol–water partition coefficient (Wildman–Crippen LogP) is 7.83. The number of benzene rings is 2. The Morgan fingerprint density at radius 2 is 1.02 bits per heavy atom. The first-order valence-electron chi connectivity index (χ1n) is 16.0. The van der Waals surface area contributed by atoms with Gasteiger partial charge in [-0.15, -0.1) is 13.2 Å². The number of hydrogen-bond donors (Lipinski definition) is 0. The van der Waals surface area contributed by atoms with Crippen molar-refractivity contribution >= 4 is 12.4 Å². The molecule has 0 bridgehead atoms. The Morgan fingerprint density at radius 3 is 1.40 bits per heavy atom. The van der Waals surface area contributed by atoms with Gasteiger partial charge in [-0.05, 0) is 54.7 Å². The Labute approximate surface area is 278 Å². The number of nitrogens with zero attached hydrogens (tertiary/aromatic N) is 4. The quantitative estimate of drug-likeness (QED) is 0.0499. The van der Waals surface area contributed by atoms with Crippen LogP contribution in [0.25, 0.3) is 0 Å². The third kappa shape index (κ3) is 13.1. The van der Waals surface area contributed by atoms with Crippen LogP contribution in [0.15, 0.2) is 133 Å². The zero-order valence-electron chi connectivity index (χ0n) is 26.9. The van der Waals surface area contributed by atoms with Crippen molar-refractivity contribution in [1.29, 1.82) is 0 Å². The van der Waals surface area contributed by atoms with E-state index in [1.54, 1.807) is 37.0 Å². The van der Waals surface area contributed by atoms with Gasteiger partial charge in [0, 0.05) is 12.4 Å². The zero-order chi connectivity index (χ0) is 32.8. The topological polar surface area (TPSA) is 87.4 Å². The fourth-order valence-electron chi connectivity index (χ4n) is 4.53. The second kappa shape index (κ2) is 21.0. The van der Waals surface area contributed by atoms with Crippen molar-refractivity contribution in [1.82, 2.24) is 9.97 Å². The van der Waals surface area contributed by atoms with E-state index in [4.69, 9.17) is 28.9 Å². The lowest BCUT2D eigenvalue weighted by Crippen LogP contribution is -2.07. The molecule has 0 radical (unpaired) electrons. The molecule has 0 saturated carbocycles. The summed E-state index contributed by atoms with van der Waals surface area (Å²) in [5, 5.41) is 0. The van der Waals surface area contributed by atoms with E-state index in [1.807, 2.05) is 84.9 Å². The molecule has 2 atom stereocenters. The minimum Gasteiger partial charge on any atom is -0.492 e. The third-order valence-corrected chi connectivity index (χ3v) is 7.01. The third-order valence-electron chi connectivity index (χ3n) is 7.01. The van der Waals surface area contributed by atoms with Crippen molar-refractivity contribution in [3.05, 3.63) is 145 Å². The van der Waals surface area contributed by atoms with E-state index in [9.17, 15) is 0 Å². The lowest BCUT2D eigenvalue weighted by atomic mass is 10.1. The number of hydrogen-bond acceptors (Lipinski definition) is 8. The Kier molecular flexibility index (Phi) is 15.6. The number of aromatic nitrogens is 2. The van der Waals surface area contributed by atoms with Gasteiger partial charge in [-0.25, -0.2) is 0 Å². The largest absolute Gasteiger partial charge is 0.492 e. The molecule has 2 aromatic heterocycles. The smallest absolute Gasteiger partial charge is 0.137 e. The van der Waals surface area contributed by atoms with Crippen molar-refractivity contribution in [3.8, 4) is 11.5 Å². The molecule has 2 unspecified atom stereocenters. The molecule has 0 fully saturated rings. The monoisotopic (exact) mass is 632 g/mol. The van der Waals surface area contributed by atoms with E-state index in [1.165, 1.54) is 0 Å². The molecule has 4 rings (SSSR count). The van der Waals surface area contributed by atoms with Crippen molar-refractivity contribution in [2.75, 3.05) is 39.6 Å². The van der Waals surface area contributed by atoms with Gasteiger partial charge >= 0.3 is 0 Å². The molecule has 0 saturated heterocycles. The van der Waals surface area contributed by atoms with Gasteiger partial charge < -0.3 is 18.9 Å². The van der Waals surface area contributed by atoms with Crippen LogP contribution in [0.2, 0.25) is 0 Å². The summed E-state index contributed by atoms with van der Waals surface area (Å²) in [7, 11) is 0. The molecule has 0 aliphatic rings. The summed E-state index contributed by atoms with van der Waals surface area (Å²) in [4.78, 5) is 18.4. The van der Waals surface area contributed by atoms with Crippen LogP contribution in [0.4, 0.5) is 0 Å². The van der Waals surface area contributed by atoms with Gasteiger partial charge in [0.05, 0.1) is 75.5 Å². The second-order valence-electron chi connectivity index (χ2n) is 10.7. The van der Waals surface area contributed by atoms with Crippen molar-refractivity contribution in [3.63, 3.8) is 0 Å². The molecule has 8 nitrogen and oxygen atoms in total. The Bertz CT molecular complexity index is 1380. The highest BCUT2D eigenvalue weighted by Gasteiger charge is 2.10.